The van der Waals surface area contributed by atoms with Crippen LogP contribution in [0.1, 0.15) is 316 Å². The highest BCUT2D eigenvalue weighted by Gasteiger charge is 2.19. The summed E-state index contributed by atoms with van der Waals surface area (Å²) in [7, 11) is 0. The lowest BCUT2D eigenvalue weighted by Gasteiger charge is -2.18. The molecule has 0 aromatic carbocycles. The van der Waals surface area contributed by atoms with Crippen LogP contribution in [0.5, 0.6) is 0 Å². The fourth-order valence-corrected chi connectivity index (χ4v) is 8.79. The molecule has 0 spiro atoms. The van der Waals surface area contributed by atoms with Crippen LogP contribution in [0.3, 0.4) is 0 Å². The quantitative estimate of drug-likeness (QED) is 0.0262. The molecule has 0 rings (SSSR count). The van der Waals surface area contributed by atoms with Crippen molar-refractivity contribution in [2.75, 3.05) is 13.2 Å². The SMILES string of the molecule is CCCCC/C=C\C/C=C\C/C=C\C/C=C\CCCC(=O)OCC(COC(=O)CCCCCCCCCCCCCCCCCCC)OC(=O)CCCCCCCCCCCCCCCCCCC. The Labute approximate surface area is 428 Å². The van der Waals surface area contributed by atoms with Gasteiger partial charge in [-0.1, -0.05) is 288 Å². The zero-order chi connectivity index (χ0) is 50.0. The number of esters is 3. The van der Waals surface area contributed by atoms with Crippen molar-refractivity contribution in [2.45, 2.75) is 322 Å². The van der Waals surface area contributed by atoms with Crippen molar-refractivity contribution in [1.29, 1.82) is 0 Å². The summed E-state index contributed by atoms with van der Waals surface area (Å²) >= 11 is 0. The van der Waals surface area contributed by atoms with Crippen LogP contribution in [-0.4, -0.2) is 37.2 Å². The highest BCUT2D eigenvalue weighted by atomic mass is 16.6. The number of allylic oxidation sites excluding steroid dienone is 8. The maximum atomic E-state index is 12.9. The molecule has 0 heterocycles. The van der Waals surface area contributed by atoms with E-state index in [1.165, 1.54) is 205 Å². The number of carbonyl (C=O) groups excluding carboxylic acids is 3. The van der Waals surface area contributed by atoms with Gasteiger partial charge in [-0.25, -0.2) is 0 Å². The Morgan fingerprint density at radius 3 is 0.870 bits per heavy atom. The largest absolute Gasteiger partial charge is 0.462 e. The van der Waals surface area contributed by atoms with Crippen LogP contribution < -0.4 is 0 Å². The van der Waals surface area contributed by atoms with Crippen molar-refractivity contribution in [2.24, 2.45) is 0 Å². The number of rotatable bonds is 55. The summed E-state index contributed by atoms with van der Waals surface area (Å²) < 4.78 is 16.9. The number of ether oxygens (including phenoxy) is 3. The summed E-state index contributed by atoms with van der Waals surface area (Å²) in [6.07, 6.45) is 71.1. The number of unbranched alkanes of at least 4 members (excludes halogenated alkanes) is 36. The second kappa shape index (κ2) is 57.9. The number of hydrogen-bond donors (Lipinski definition) is 0. The lowest BCUT2D eigenvalue weighted by atomic mass is 10.0. The van der Waals surface area contributed by atoms with Gasteiger partial charge in [0.1, 0.15) is 13.2 Å². The molecule has 0 aliphatic heterocycles. The van der Waals surface area contributed by atoms with Crippen molar-refractivity contribution in [3.8, 4) is 0 Å². The van der Waals surface area contributed by atoms with Crippen LogP contribution in [0.2, 0.25) is 0 Å². The first-order valence-corrected chi connectivity index (χ1v) is 30.1. The van der Waals surface area contributed by atoms with E-state index < -0.39 is 6.10 Å². The molecule has 6 heteroatoms. The van der Waals surface area contributed by atoms with E-state index in [4.69, 9.17) is 14.2 Å². The van der Waals surface area contributed by atoms with E-state index in [9.17, 15) is 14.4 Å². The van der Waals surface area contributed by atoms with E-state index in [0.717, 1.165) is 64.2 Å². The minimum atomic E-state index is -0.791. The summed E-state index contributed by atoms with van der Waals surface area (Å²) in [5.74, 6) is -0.924. The zero-order valence-corrected chi connectivity index (χ0v) is 46.1. The summed E-state index contributed by atoms with van der Waals surface area (Å²) in [5, 5.41) is 0. The van der Waals surface area contributed by atoms with Gasteiger partial charge >= 0.3 is 17.9 Å². The molecule has 402 valence electrons. The Kier molecular flexibility index (Phi) is 55.7. The topological polar surface area (TPSA) is 78.9 Å². The zero-order valence-electron chi connectivity index (χ0n) is 46.1. The predicted molar refractivity (Wildman–Crippen MR) is 298 cm³/mol. The van der Waals surface area contributed by atoms with Gasteiger partial charge in [0.05, 0.1) is 0 Å². The maximum absolute atomic E-state index is 12.9. The summed E-state index contributed by atoms with van der Waals surface area (Å²) in [4.78, 5) is 38.2. The lowest BCUT2D eigenvalue weighted by molar-refractivity contribution is -0.167. The Bertz CT molecular complexity index is 1200. The Hall–Kier alpha value is -2.63. The highest BCUT2D eigenvalue weighted by molar-refractivity contribution is 5.71. The summed E-state index contributed by atoms with van der Waals surface area (Å²) in [6, 6.07) is 0. The Balaban J connectivity index is 4.41. The number of hydrogen-bond acceptors (Lipinski definition) is 6. The van der Waals surface area contributed by atoms with Gasteiger partial charge in [-0.2, -0.15) is 0 Å². The highest BCUT2D eigenvalue weighted by Crippen LogP contribution is 2.17. The Morgan fingerprint density at radius 1 is 0.290 bits per heavy atom. The molecule has 0 saturated carbocycles. The molecule has 0 aliphatic carbocycles. The molecule has 6 nitrogen and oxygen atoms in total. The first-order chi connectivity index (χ1) is 34.0. The van der Waals surface area contributed by atoms with E-state index in [-0.39, 0.29) is 37.5 Å². The third-order valence-corrected chi connectivity index (χ3v) is 13.3. The second-order valence-electron chi connectivity index (χ2n) is 20.3. The molecule has 0 fully saturated rings. The second-order valence-corrected chi connectivity index (χ2v) is 20.3. The fraction of sp³-hybridized carbons (Fsp3) is 0.825. The van der Waals surface area contributed by atoms with Gasteiger partial charge in [-0.05, 0) is 57.8 Å². The summed E-state index contributed by atoms with van der Waals surface area (Å²) in [5.41, 5.74) is 0. The molecule has 1 atom stereocenters. The van der Waals surface area contributed by atoms with Gasteiger partial charge in [-0.3, -0.25) is 14.4 Å². The van der Waals surface area contributed by atoms with Crippen LogP contribution >= 0.6 is 0 Å². The number of carbonyl (C=O) groups is 3. The molecular formula is C63H114O6. The first-order valence-electron chi connectivity index (χ1n) is 30.1. The molecule has 0 N–H and O–H groups in total. The maximum Gasteiger partial charge on any atom is 0.306 e. The lowest BCUT2D eigenvalue weighted by Crippen LogP contribution is -2.30. The molecule has 0 aromatic rings. The van der Waals surface area contributed by atoms with Gasteiger partial charge in [-0.15, -0.1) is 0 Å². The minimum absolute atomic E-state index is 0.0852. The molecule has 0 radical (unpaired) electrons. The normalized spacial score (nSPS) is 12.3. The van der Waals surface area contributed by atoms with Crippen LogP contribution in [0.15, 0.2) is 48.6 Å². The molecule has 0 saturated heterocycles. The Morgan fingerprint density at radius 2 is 0.536 bits per heavy atom. The van der Waals surface area contributed by atoms with E-state index in [2.05, 4.69) is 69.4 Å². The van der Waals surface area contributed by atoms with Gasteiger partial charge in [0.15, 0.2) is 6.10 Å². The fourth-order valence-electron chi connectivity index (χ4n) is 8.79. The molecule has 0 bridgehead atoms. The van der Waals surface area contributed by atoms with Crippen molar-refractivity contribution in [1.82, 2.24) is 0 Å². The average molecular weight is 968 g/mol. The van der Waals surface area contributed by atoms with Crippen molar-refractivity contribution in [3.05, 3.63) is 48.6 Å². The first kappa shape index (κ1) is 66.4. The third kappa shape index (κ3) is 56.2. The van der Waals surface area contributed by atoms with Crippen molar-refractivity contribution >= 4 is 17.9 Å². The monoisotopic (exact) mass is 967 g/mol. The van der Waals surface area contributed by atoms with Gasteiger partial charge in [0.25, 0.3) is 0 Å². The average Bonchev–Trinajstić information content (AvgIpc) is 3.35. The van der Waals surface area contributed by atoms with E-state index in [1.807, 2.05) is 0 Å². The third-order valence-electron chi connectivity index (χ3n) is 13.3. The molecule has 0 aliphatic rings. The van der Waals surface area contributed by atoms with Crippen molar-refractivity contribution < 1.29 is 28.6 Å². The van der Waals surface area contributed by atoms with Crippen LogP contribution in [-0.2, 0) is 28.6 Å². The summed E-state index contributed by atoms with van der Waals surface area (Å²) in [6.45, 7) is 6.62. The van der Waals surface area contributed by atoms with Crippen LogP contribution in [0.25, 0.3) is 0 Å². The van der Waals surface area contributed by atoms with Gasteiger partial charge in [0.2, 0.25) is 0 Å². The molecule has 69 heavy (non-hydrogen) atoms. The van der Waals surface area contributed by atoms with Crippen LogP contribution in [0.4, 0.5) is 0 Å². The standard InChI is InChI=1S/C63H114O6/c1-4-7-10-13-16-19-22-25-28-31-34-37-40-43-46-49-52-55-61(64)67-58-60(69-63(66)57-54-51-48-45-42-39-36-33-30-27-24-21-18-15-12-9-6-3)59-68-62(65)56-53-50-47-44-41-38-35-32-29-26-23-20-17-14-11-8-5-2/h16,19,25,28,34,37,43,46,60H,4-15,17-18,20-24,26-27,29-33,35-36,38-42,44-45,47-59H2,1-3H3/b19-16-,28-25-,37-34-,46-43-. The molecular weight excluding hydrogens is 853 g/mol. The van der Waals surface area contributed by atoms with E-state index >= 15 is 0 Å². The van der Waals surface area contributed by atoms with E-state index in [0.29, 0.717) is 19.3 Å². The molecule has 0 amide bonds. The van der Waals surface area contributed by atoms with Gasteiger partial charge in [0, 0.05) is 19.3 Å². The van der Waals surface area contributed by atoms with E-state index in [1.54, 1.807) is 0 Å². The van der Waals surface area contributed by atoms with Crippen LogP contribution in [0, 0.1) is 0 Å². The molecule has 0 aromatic heterocycles. The molecule has 1 unspecified atom stereocenters. The predicted octanol–water partition coefficient (Wildman–Crippen LogP) is 20.2. The minimum Gasteiger partial charge on any atom is -0.462 e. The smallest absolute Gasteiger partial charge is 0.306 e. The van der Waals surface area contributed by atoms with Gasteiger partial charge < -0.3 is 14.2 Å². The van der Waals surface area contributed by atoms with Crippen molar-refractivity contribution in [3.63, 3.8) is 0 Å².